The molecule has 10 nitrogen and oxygen atoms in total. The van der Waals surface area contributed by atoms with E-state index in [9.17, 15) is 13.2 Å². The molecule has 0 bridgehead atoms. The van der Waals surface area contributed by atoms with Crippen LogP contribution < -0.4 is 16.0 Å². The summed E-state index contributed by atoms with van der Waals surface area (Å²) in [6.45, 7) is 1.30. The largest absolute Gasteiger partial charge is 0.365 e. The van der Waals surface area contributed by atoms with Crippen LogP contribution in [-0.4, -0.2) is 52.2 Å². The standard InChI is InChI=1S/C29H27F3N10/c1-28(31,32)29(10-11-29)41-26-24-23(9-8-22(38-24)18-12-21(30)25(34-14-18)37-19-4-5-19)39-27(40-26)35-13-17-2-6-20(7-3-17)42-16-33-15-36-42/h2-3,6-9,12,14-16,19H,4-5,10-11,13H2,1H3,(H,34,37)(H2,35,39,40,41). The molecule has 214 valence electrons. The Hall–Kier alpha value is -4.81. The minimum atomic E-state index is -2.97. The Morgan fingerprint density at radius 1 is 1.02 bits per heavy atom. The second kappa shape index (κ2) is 9.93. The van der Waals surface area contributed by atoms with E-state index in [-0.39, 0.29) is 23.6 Å². The summed E-state index contributed by atoms with van der Waals surface area (Å²) in [4.78, 5) is 22.0. The van der Waals surface area contributed by atoms with Crippen LogP contribution in [0.3, 0.4) is 0 Å². The number of nitrogens with zero attached hydrogens (tertiary/aromatic N) is 7. The molecule has 0 unspecified atom stereocenters. The van der Waals surface area contributed by atoms with Crippen LogP contribution in [0, 0.1) is 5.82 Å². The van der Waals surface area contributed by atoms with E-state index >= 15 is 0 Å². The molecular formula is C29H27F3N10. The van der Waals surface area contributed by atoms with E-state index < -0.39 is 17.3 Å². The molecule has 5 aromatic rings. The molecule has 2 aliphatic rings. The van der Waals surface area contributed by atoms with E-state index in [2.05, 4.69) is 46.0 Å². The molecule has 0 saturated heterocycles. The van der Waals surface area contributed by atoms with Crippen molar-refractivity contribution >= 4 is 28.6 Å². The lowest BCUT2D eigenvalue weighted by Crippen LogP contribution is -2.40. The zero-order valence-electron chi connectivity index (χ0n) is 22.7. The first-order chi connectivity index (χ1) is 20.3. The van der Waals surface area contributed by atoms with Gasteiger partial charge in [-0.05, 0) is 61.6 Å². The topological polar surface area (TPSA) is 118 Å². The minimum absolute atomic E-state index is 0.186. The van der Waals surface area contributed by atoms with Crippen molar-refractivity contribution in [2.75, 3.05) is 16.0 Å². The smallest absolute Gasteiger partial charge is 0.267 e. The van der Waals surface area contributed by atoms with Crippen molar-refractivity contribution in [1.29, 1.82) is 0 Å². The Balaban J connectivity index is 1.19. The van der Waals surface area contributed by atoms with Crippen LogP contribution in [-0.2, 0) is 6.54 Å². The fraction of sp³-hybridized carbons (Fsp3) is 0.310. The summed E-state index contributed by atoms with van der Waals surface area (Å²) >= 11 is 0. The van der Waals surface area contributed by atoms with E-state index in [1.165, 1.54) is 12.4 Å². The first-order valence-electron chi connectivity index (χ1n) is 13.7. The third-order valence-electron chi connectivity index (χ3n) is 7.62. The van der Waals surface area contributed by atoms with E-state index in [0.29, 0.717) is 41.7 Å². The van der Waals surface area contributed by atoms with Gasteiger partial charge in [-0.3, -0.25) is 0 Å². The highest BCUT2D eigenvalue weighted by Gasteiger charge is 2.59. The summed E-state index contributed by atoms with van der Waals surface area (Å²) in [6, 6.07) is 12.8. The first kappa shape index (κ1) is 26.1. The maximum absolute atomic E-state index is 14.8. The number of rotatable bonds is 10. The molecule has 2 aliphatic carbocycles. The van der Waals surface area contributed by atoms with Crippen molar-refractivity contribution < 1.29 is 13.2 Å². The second-order valence-corrected chi connectivity index (χ2v) is 10.9. The van der Waals surface area contributed by atoms with Gasteiger partial charge in [-0.25, -0.2) is 37.8 Å². The fourth-order valence-electron chi connectivity index (χ4n) is 4.76. The molecule has 0 radical (unpaired) electrons. The van der Waals surface area contributed by atoms with Gasteiger partial charge in [-0.15, -0.1) is 0 Å². The lowest BCUT2D eigenvalue weighted by atomic mass is 10.1. The molecule has 3 N–H and O–H groups in total. The van der Waals surface area contributed by atoms with Crippen LogP contribution in [0.5, 0.6) is 0 Å². The molecule has 2 saturated carbocycles. The summed E-state index contributed by atoms with van der Waals surface area (Å²) in [5, 5.41) is 13.4. The normalized spacial score (nSPS) is 15.9. The highest BCUT2D eigenvalue weighted by atomic mass is 19.3. The van der Waals surface area contributed by atoms with Crippen molar-refractivity contribution in [3.63, 3.8) is 0 Å². The van der Waals surface area contributed by atoms with Gasteiger partial charge < -0.3 is 16.0 Å². The van der Waals surface area contributed by atoms with Gasteiger partial charge in [0.25, 0.3) is 5.92 Å². The molecule has 0 spiro atoms. The van der Waals surface area contributed by atoms with Gasteiger partial charge in [0.1, 0.15) is 23.7 Å². The molecule has 42 heavy (non-hydrogen) atoms. The zero-order chi connectivity index (χ0) is 28.9. The van der Waals surface area contributed by atoms with E-state index in [4.69, 9.17) is 0 Å². The summed E-state index contributed by atoms with van der Waals surface area (Å²) in [5.41, 5.74) is 2.07. The second-order valence-electron chi connectivity index (χ2n) is 10.9. The van der Waals surface area contributed by atoms with Crippen LogP contribution in [0.1, 0.15) is 38.2 Å². The first-order valence-corrected chi connectivity index (χ1v) is 13.7. The van der Waals surface area contributed by atoms with Crippen LogP contribution in [0.2, 0.25) is 0 Å². The Kier molecular flexibility index (Phi) is 6.17. The van der Waals surface area contributed by atoms with Crippen LogP contribution in [0.15, 0.2) is 61.3 Å². The molecule has 7 rings (SSSR count). The fourth-order valence-corrected chi connectivity index (χ4v) is 4.76. The van der Waals surface area contributed by atoms with E-state index in [1.807, 2.05) is 24.3 Å². The molecular weight excluding hydrogens is 545 g/mol. The van der Waals surface area contributed by atoms with Gasteiger partial charge in [-0.1, -0.05) is 12.1 Å². The summed E-state index contributed by atoms with van der Waals surface area (Å²) < 4.78 is 45.6. The minimum Gasteiger partial charge on any atom is -0.365 e. The number of hydrogen-bond acceptors (Lipinski definition) is 9. The quantitative estimate of drug-likeness (QED) is 0.197. The maximum atomic E-state index is 14.8. The number of hydrogen-bond donors (Lipinski definition) is 3. The SMILES string of the molecule is CC(F)(F)C1(Nc2nc(NCc3ccc(-n4cncn4)cc3)nc3ccc(-c4cnc(NC5CC5)c(F)c4)nc23)CC1. The number of aromatic nitrogens is 7. The van der Waals surface area contributed by atoms with E-state index in [1.54, 1.807) is 29.3 Å². The van der Waals surface area contributed by atoms with Crippen molar-refractivity contribution in [3.05, 3.63) is 72.7 Å². The number of nitrogens with one attached hydrogen (secondary N) is 3. The number of fused-ring (bicyclic) bond motifs is 1. The lowest BCUT2D eigenvalue weighted by Gasteiger charge is -2.25. The van der Waals surface area contributed by atoms with Crippen molar-refractivity contribution in [2.24, 2.45) is 0 Å². The van der Waals surface area contributed by atoms with Crippen LogP contribution in [0.4, 0.5) is 30.8 Å². The number of pyridine rings is 2. The van der Waals surface area contributed by atoms with Gasteiger partial charge >= 0.3 is 0 Å². The molecule has 4 aromatic heterocycles. The molecule has 13 heteroatoms. The molecule has 0 aliphatic heterocycles. The lowest BCUT2D eigenvalue weighted by molar-refractivity contribution is -0.00852. The number of anilines is 3. The predicted octanol–water partition coefficient (Wildman–Crippen LogP) is 5.59. The number of benzene rings is 1. The molecule has 0 atom stereocenters. The monoisotopic (exact) mass is 572 g/mol. The third kappa shape index (κ3) is 5.17. The Morgan fingerprint density at radius 2 is 1.83 bits per heavy atom. The van der Waals surface area contributed by atoms with E-state index in [0.717, 1.165) is 31.0 Å². The van der Waals surface area contributed by atoms with Crippen molar-refractivity contribution in [1.82, 2.24) is 34.7 Å². The van der Waals surface area contributed by atoms with Crippen molar-refractivity contribution in [3.8, 4) is 16.9 Å². The summed E-state index contributed by atoms with van der Waals surface area (Å²) in [7, 11) is 0. The molecule has 4 heterocycles. The average Bonchev–Trinajstić information content (AvgIpc) is 3.90. The predicted molar refractivity (Wildman–Crippen MR) is 152 cm³/mol. The maximum Gasteiger partial charge on any atom is 0.267 e. The van der Waals surface area contributed by atoms with Crippen LogP contribution >= 0.6 is 0 Å². The zero-order valence-corrected chi connectivity index (χ0v) is 22.7. The van der Waals surface area contributed by atoms with Gasteiger partial charge in [0, 0.05) is 31.3 Å². The van der Waals surface area contributed by atoms with Gasteiger partial charge in [0.05, 0.1) is 16.9 Å². The number of alkyl halides is 2. The summed E-state index contributed by atoms with van der Waals surface area (Å²) in [5.74, 6) is -2.80. The van der Waals surface area contributed by atoms with Gasteiger partial charge in [0.15, 0.2) is 17.5 Å². The highest BCUT2D eigenvalue weighted by molar-refractivity contribution is 5.88. The molecule has 1 aromatic carbocycles. The summed E-state index contributed by atoms with van der Waals surface area (Å²) in [6.07, 6.45) is 7.22. The highest BCUT2D eigenvalue weighted by Crippen LogP contribution is 2.50. The van der Waals surface area contributed by atoms with Gasteiger partial charge in [-0.2, -0.15) is 10.1 Å². The van der Waals surface area contributed by atoms with Crippen molar-refractivity contribution in [2.45, 2.75) is 56.7 Å². The Labute approximate surface area is 238 Å². The Morgan fingerprint density at radius 3 is 2.50 bits per heavy atom. The number of halogens is 3. The van der Waals surface area contributed by atoms with Gasteiger partial charge in [0.2, 0.25) is 5.95 Å². The Bertz CT molecular complexity index is 1740. The molecule has 2 fully saturated rings. The third-order valence-corrected chi connectivity index (χ3v) is 7.62. The average molecular weight is 573 g/mol. The molecule has 0 amide bonds. The van der Waals surface area contributed by atoms with Crippen LogP contribution in [0.25, 0.3) is 28.0 Å².